The van der Waals surface area contributed by atoms with Crippen molar-refractivity contribution in [3.8, 4) is 0 Å². The van der Waals surface area contributed by atoms with E-state index in [9.17, 15) is 9.18 Å². The van der Waals surface area contributed by atoms with Crippen molar-refractivity contribution in [2.75, 3.05) is 19.6 Å². The van der Waals surface area contributed by atoms with Gasteiger partial charge in [-0.3, -0.25) is 4.79 Å². The summed E-state index contributed by atoms with van der Waals surface area (Å²) in [5.41, 5.74) is 0.491. The maximum absolute atomic E-state index is 13.1. The highest BCUT2D eigenvalue weighted by Crippen LogP contribution is 2.24. The SMILES string of the molecule is CC(C)C1CCCN(CCC(=O)c2cccc(F)c2)CC1. The lowest BCUT2D eigenvalue weighted by atomic mass is 9.89. The zero-order valence-electron chi connectivity index (χ0n) is 13.1. The minimum Gasteiger partial charge on any atom is -0.303 e. The Morgan fingerprint density at radius 1 is 1.33 bits per heavy atom. The zero-order chi connectivity index (χ0) is 15.2. The van der Waals surface area contributed by atoms with E-state index in [4.69, 9.17) is 0 Å². The molecule has 0 radical (unpaired) electrons. The Bertz CT molecular complexity index is 472. The summed E-state index contributed by atoms with van der Waals surface area (Å²) < 4.78 is 13.1. The number of hydrogen-bond acceptors (Lipinski definition) is 2. The Balaban J connectivity index is 1.81. The maximum Gasteiger partial charge on any atom is 0.164 e. The van der Waals surface area contributed by atoms with E-state index in [0.29, 0.717) is 12.0 Å². The first kappa shape index (κ1) is 16.2. The fourth-order valence-corrected chi connectivity index (χ4v) is 3.14. The van der Waals surface area contributed by atoms with Crippen LogP contribution in [0.4, 0.5) is 4.39 Å². The number of rotatable bonds is 5. The molecule has 21 heavy (non-hydrogen) atoms. The van der Waals surface area contributed by atoms with Crippen molar-refractivity contribution >= 4 is 5.78 Å². The molecule has 2 nitrogen and oxygen atoms in total. The van der Waals surface area contributed by atoms with E-state index in [0.717, 1.165) is 31.5 Å². The fourth-order valence-electron chi connectivity index (χ4n) is 3.14. The average Bonchev–Trinajstić information content (AvgIpc) is 2.70. The predicted molar refractivity (Wildman–Crippen MR) is 84.0 cm³/mol. The van der Waals surface area contributed by atoms with Crippen molar-refractivity contribution in [2.24, 2.45) is 11.8 Å². The second-order valence-electron chi connectivity index (χ2n) is 6.46. The van der Waals surface area contributed by atoms with E-state index in [-0.39, 0.29) is 11.6 Å². The first-order valence-electron chi connectivity index (χ1n) is 8.07. The topological polar surface area (TPSA) is 20.3 Å². The molecule has 0 amide bonds. The molecule has 0 bridgehead atoms. The Kier molecular flexibility index (Phi) is 5.92. The van der Waals surface area contributed by atoms with Crippen molar-refractivity contribution in [3.05, 3.63) is 35.6 Å². The molecule has 0 aliphatic carbocycles. The molecule has 1 aliphatic rings. The van der Waals surface area contributed by atoms with Gasteiger partial charge < -0.3 is 4.90 Å². The van der Waals surface area contributed by atoms with Gasteiger partial charge in [0, 0.05) is 18.5 Å². The van der Waals surface area contributed by atoms with Crippen molar-refractivity contribution in [2.45, 2.75) is 39.5 Å². The third kappa shape index (κ3) is 4.92. The van der Waals surface area contributed by atoms with Crippen LogP contribution in [0, 0.1) is 17.7 Å². The van der Waals surface area contributed by atoms with Crippen molar-refractivity contribution in [3.63, 3.8) is 0 Å². The molecule has 1 aromatic rings. The van der Waals surface area contributed by atoms with Gasteiger partial charge in [0.05, 0.1) is 0 Å². The van der Waals surface area contributed by atoms with E-state index in [1.54, 1.807) is 12.1 Å². The highest BCUT2D eigenvalue weighted by atomic mass is 19.1. The Morgan fingerprint density at radius 2 is 2.14 bits per heavy atom. The van der Waals surface area contributed by atoms with Crippen molar-refractivity contribution < 1.29 is 9.18 Å². The number of likely N-dealkylation sites (tertiary alicyclic amines) is 1. The quantitative estimate of drug-likeness (QED) is 0.759. The smallest absolute Gasteiger partial charge is 0.164 e. The van der Waals surface area contributed by atoms with E-state index in [1.807, 2.05) is 0 Å². The molecule has 0 saturated carbocycles. The van der Waals surface area contributed by atoms with Gasteiger partial charge in [0.25, 0.3) is 0 Å². The van der Waals surface area contributed by atoms with E-state index in [1.165, 1.54) is 31.4 Å². The van der Waals surface area contributed by atoms with Gasteiger partial charge in [-0.1, -0.05) is 26.0 Å². The third-order valence-corrected chi connectivity index (χ3v) is 4.61. The lowest BCUT2D eigenvalue weighted by Crippen LogP contribution is -2.27. The first-order valence-corrected chi connectivity index (χ1v) is 8.07. The van der Waals surface area contributed by atoms with Gasteiger partial charge in [-0.2, -0.15) is 0 Å². The summed E-state index contributed by atoms with van der Waals surface area (Å²) in [6.07, 6.45) is 4.23. The number of carbonyl (C=O) groups is 1. The molecule has 1 fully saturated rings. The number of nitrogens with zero attached hydrogens (tertiary/aromatic N) is 1. The number of ketones is 1. The summed E-state index contributed by atoms with van der Waals surface area (Å²) in [5.74, 6) is 1.27. The summed E-state index contributed by atoms with van der Waals surface area (Å²) in [7, 11) is 0. The number of carbonyl (C=O) groups excluding carboxylic acids is 1. The number of hydrogen-bond donors (Lipinski definition) is 0. The standard InChI is InChI=1S/C18H26FNO/c1-14(2)15-6-4-10-20(11-8-15)12-9-18(21)16-5-3-7-17(19)13-16/h3,5,7,13-15H,4,6,8-12H2,1-2H3. The molecule has 1 aromatic carbocycles. The molecule has 0 aromatic heterocycles. The van der Waals surface area contributed by atoms with Crippen LogP contribution in [0.2, 0.25) is 0 Å². The predicted octanol–water partition coefficient (Wildman–Crippen LogP) is 4.16. The van der Waals surface area contributed by atoms with Gasteiger partial charge in [-0.05, 0) is 56.3 Å². The lowest BCUT2D eigenvalue weighted by molar-refractivity contribution is 0.0964. The average molecular weight is 291 g/mol. The number of benzene rings is 1. The molecule has 1 heterocycles. The maximum atomic E-state index is 13.1. The highest BCUT2D eigenvalue weighted by Gasteiger charge is 2.19. The van der Waals surface area contributed by atoms with Crippen LogP contribution < -0.4 is 0 Å². The van der Waals surface area contributed by atoms with E-state index < -0.39 is 0 Å². The summed E-state index contributed by atoms with van der Waals surface area (Å²) in [6.45, 7) is 7.56. The van der Waals surface area contributed by atoms with Crippen LogP contribution in [-0.2, 0) is 0 Å². The molecule has 1 atom stereocenters. The highest BCUT2D eigenvalue weighted by molar-refractivity contribution is 5.96. The van der Waals surface area contributed by atoms with Crippen LogP contribution in [-0.4, -0.2) is 30.3 Å². The molecule has 1 aliphatic heterocycles. The first-order chi connectivity index (χ1) is 10.1. The Hall–Kier alpha value is -1.22. The zero-order valence-corrected chi connectivity index (χ0v) is 13.1. The minimum absolute atomic E-state index is 0.0409. The van der Waals surface area contributed by atoms with Gasteiger partial charge in [-0.15, -0.1) is 0 Å². The summed E-state index contributed by atoms with van der Waals surface area (Å²) in [5, 5.41) is 0. The second-order valence-corrected chi connectivity index (χ2v) is 6.46. The van der Waals surface area contributed by atoms with Gasteiger partial charge in [0.2, 0.25) is 0 Å². The summed E-state index contributed by atoms with van der Waals surface area (Å²) >= 11 is 0. The number of halogens is 1. The van der Waals surface area contributed by atoms with Crippen LogP contribution in [0.5, 0.6) is 0 Å². The van der Waals surface area contributed by atoms with Crippen LogP contribution >= 0.6 is 0 Å². The summed E-state index contributed by atoms with van der Waals surface area (Å²) in [4.78, 5) is 14.5. The minimum atomic E-state index is -0.338. The molecule has 116 valence electrons. The van der Waals surface area contributed by atoms with Crippen LogP contribution in [0.15, 0.2) is 24.3 Å². The second kappa shape index (κ2) is 7.69. The van der Waals surface area contributed by atoms with E-state index in [2.05, 4.69) is 18.7 Å². The number of Topliss-reactive ketones (excluding diaryl/α,β-unsaturated/α-hetero) is 1. The molecule has 1 saturated heterocycles. The fraction of sp³-hybridized carbons (Fsp3) is 0.611. The molecular formula is C18H26FNO. The van der Waals surface area contributed by atoms with Crippen LogP contribution in [0.1, 0.15) is 49.9 Å². The van der Waals surface area contributed by atoms with Crippen molar-refractivity contribution in [1.82, 2.24) is 4.90 Å². The largest absolute Gasteiger partial charge is 0.303 e. The lowest BCUT2D eigenvalue weighted by Gasteiger charge is -2.21. The summed E-state index contributed by atoms with van der Waals surface area (Å²) in [6, 6.07) is 6.00. The Labute approximate surface area is 127 Å². The van der Waals surface area contributed by atoms with Gasteiger partial charge in [-0.25, -0.2) is 4.39 Å². The van der Waals surface area contributed by atoms with Crippen LogP contribution in [0.3, 0.4) is 0 Å². The van der Waals surface area contributed by atoms with E-state index >= 15 is 0 Å². The van der Waals surface area contributed by atoms with Crippen LogP contribution in [0.25, 0.3) is 0 Å². The molecule has 0 spiro atoms. The molecule has 0 N–H and O–H groups in total. The van der Waals surface area contributed by atoms with Gasteiger partial charge in [0.15, 0.2) is 5.78 Å². The molecule has 3 heteroatoms. The third-order valence-electron chi connectivity index (χ3n) is 4.61. The Morgan fingerprint density at radius 3 is 2.86 bits per heavy atom. The normalized spacial score (nSPS) is 20.5. The van der Waals surface area contributed by atoms with Gasteiger partial charge >= 0.3 is 0 Å². The monoisotopic (exact) mass is 291 g/mol. The van der Waals surface area contributed by atoms with Gasteiger partial charge in [0.1, 0.15) is 5.82 Å². The van der Waals surface area contributed by atoms with Crippen molar-refractivity contribution in [1.29, 1.82) is 0 Å². The molecule has 2 rings (SSSR count). The molecular weight excluding hydrogens is 265 g/mol. The molecule has 1 unspecified atom stereocenters.